The monoisotopic (exact) mass is 535 g/mol. The Balaban J connectivity index is 1.77. The smallest absolute Gasteiger partial charge is 0.163 e. The largest absolute Gasteiger partial charge is 0.494 e. The fourth-order valence-electron chi connectivity index (χ4n) is 4.64. The van der Waals surface area contributed by atoms with Gasteiger partial charge in [-0.2, -0.15) is 0 Å². The van der Waals surface area contributed by atoms with E-state index in [4.69, 9.17) is 25.8 Å². The van der Waals surface area contributed by atoms with Crippen molar-refractivity contribution in [1.29, 1.82) is 0 Å². The summed E-state index contributed by atoms with van der Waals surface area (Å²) in [6.07, 6.45) is 6.01. The molecule has 0 N–H and O–H groups in total. The van der Waals surface area contributed by atoms with Crippen molar-refractivity contribution in [2.75, 3.05) is 21.3 Å². The van der Waals surface area contributed by atoms with Crippen LogP contribution in [0.4, 0.5) is 0 Å². The Morgan fingerprint density at radius 2 is 1.67 bits per heavy atom. The number of hydrogen-bond donors (Lipinski definition) is 0. The van der Waals surface area contributed by atoms with Gasteiger partial charge in [0, 0.05) is 25.4 Å². The molecule has 0 aliphatic heterocycles. The lowest BCUT2D eigenvalue weighted by Crippen LogP contribution is -2.30. The molecule has 12 heteroatoms. The summed E-state index contributed by atoms with van der Waals surface area (Å²) in [7, 11) is 0.742. The number of methoxy groups -OCH3 is 3. The molecule has 0 bridgehead atoms. The molecule has 1 saturated carbocycles. The van der Waals surface area contributed by atoms with Gasteiger partial charge >= 0.3 is 0 Å². The number of benzene rings is 1. The lowest BCUT2D eigenvalue weighted by atomic mass is 10.1. The highest BCUT2D eigenvalue weighted by Crippen LogP contribution is 2.40. The second-order valence-electron chi connectivity index (χ2n) is 8.73. The van der Waals surface area contributed by atoms with Crippen LogP contribution in [0.25, 0.3) is 5.69 Å². The van der Waals surface area contributed by atoms with E-state index < -0.39 is 21.2 Å². The van der Waals surface area contributed by atoms with Gasteiger partial charge < -0.3 is 14.2 Å². The van der Waals surface area contributed by atoms with Crippen molar-refractivity contribution in [2.45, 2.75) is 55.6 Å². The first-order valence-corrected chi connectivity index (χ1v) is 13.8. The molecule has 3 aromatic rings. The van der Waals surface area contributed by atoms with Gasteiger partial charge in [0.1, 0.15) is 34.9 Å². The van der Waals surface area contributed by atoms with Gasteiger partial charge in [-0.3, -0.25) is 4.57 Å². The third kappa shape index (κ3) is 5.18. The van der Waals surface area contributed by atoms with Gasteiger partial charge in [-0.05, 0) is 31.9 Å². The molecule has 0 saturated heterocycles. The predicted octanol–water partition coefficient (Wildman–Crippen LogP) is 4.08. The molecule has 0 radical (unpaired) electrons. The summed E-state index contributed by atoms with van der Waals surface area (Å²) in [5, 5.41) is 8.21. The number of para-hydroxylation sites is 1. The van der Waals surface area contributed by atoms with Crippen LogP contribution in [0.1, 0.15) is 62.1 Å². The zero-order valence-corrected chi connectivity index (χ0v) is 22.3. The number of hydrogen-bond acceptors (Lipinski definition) is 9. The van der Waals surface area contributed by atoms with Gasteiger partial charge in [0.2, 0.25) is 0 Å². The molecule has 0 amide bonds. The topological polar surface area (TPSA) is 118 Å². The number of halogens is 1. The van der Waals surface area contributed by atoms with Gasteiger partial charge in [-0.25, -0.2) is 18.4 Å². The molecule has 0 unspecified atom stereocenters. The van der Waals surface area contributed by atoms with Crippen molar-refractivity contribution >= 4 is 21.4 Å². The summed E-state index contributed by atoms with van der Waals surface area (Å²) in [6, 6.07) is 5.42. The summed E-state index contributed by atoms with van der Waals surface area (Å²) in [5.41, 5.74) is 0.580. The SMILES string of the molecule is COc1cccc(OC)c1-n1c(CS(=O)(=O)[C@@H](C)[C@H](OC)c2ncc(Cl)cn2)nnc1C1CCCC1. The first-order valence-electron chi connectivity index (χ1n) is 11.7. The molecular weight excluding hydrogens is 506 g/mol. The minimum atomic E-state index is -3.81. The summed E-state index contributed by atoms with van der Waals surface area (Å²) in [5.74, 6) is 2.07. The number of rotatable bonds is 10. The Hall–Kier alpha value is -2.76. The van der Waals surface area contributed by atoms with E-state index in [9.17, 15) is 8.42 Å². The highest BCUT2D eigenvalue weighted by atomic mass is 35.5. The maximum Gasteiger partial charge on any atom is 0.163 e. The van der Waals surface area contributed by atoms with Gasteiger partial charge in [0.05, 0.1) is 24.5 Å². The number of nitrogens with zero attached hydrogens (tertiary/aromatic N) is 5. The van der Waals surface area contributed by atoms with Gasteiger partial charge in [-0.1, -0.05) is 30.5 Å². The Kier molecular flexibility index (Phi) is 8.11. The molecule has 10 nitrogen and oxygen atoms in total. The molecule has 4 rings (SSSR count). The van der Waals surface area contributed by atoms with E-state index in [-0.39, 0.29) is 23.3 Å². The van der Waals surface area contributed by atoms with Crippen molar-refractivity contribution in [3.8, 4) is 17.2 Å². The minimum Gasteiger partial charge on any atom is -0.494 e. The number of sulfone groups is 1. The van der Waals surface area contributed by atoms with Crippen molar-refractivity contribution < 1.29 is 22.6 Å². The van der Waals surface area contributed by atoms with Crippen LogP contribution in [-0.4, -0.2) is 59.7 Å². The fraction of sp³-hybridized carbons (Fsp3) is 0.500. The zero-order chi connectivity index (χ0) is 25.9. The van der Waals surface area contributed by atoms with Crippen LogP contribution < -0.4 is 9.47 Å². The first-order chi connectivity index (χ1) is 17.3. The number of ether oxygens (including phenoxy) is 3. The van der Waals surface area contributed by atoms with E-state index >= 15 is 0 Å². The molecule has 1 aromatic carbocycles. The third-order valence-electron chi connectivity index (χ3n) is 6.57. The summed E-state index contributed by atoms with van der Waals surface area (Å²) >= 11 is 5.90. The average Bonchev–Trinajstić information content (AvgIpc) is 3.54. The van der Waals surface area contributed by atoms with Crippen LogP contribution in [0.3, 0.4) is 0 Å². The fourth-order valence-corrected chi connectivity index (χ4v) is 6.16. The molecule has 1 aliphatic carbocycles. The molecule has 0 spiro atoms. The molecule has 2 atom stereocenters. The Morgan fingerprint density at radius 3 is 2.22 bits per heavy atom. The molecular formula is C24H30ClN5O5S. The molecule has 2 aromatic heterocycles. The van der Waals surface area contributed by atoms with E-state index in [0.29, 0.717) is 28.0 Å². The molecule has 1 fully saturated rings. The van der Waals surface area contributed by atoms with E-state index in [2.05, 4.69) is 20.2 Å². The van der Waals surface area contributed by atoms with Crippen LogP contribution in [-0.2, 0) is 20.3 Å². The van der Waals surface area contributed by atoms with E-state index in [1.165, 1.54) is 19.5 Å². The van der Waals surface area contributed by atoms with E-state index in [1.54, 1.807) is 37.8 Å². The van der Waals surface area contributed by atoms with Gasteiger partial charge in [-0.15, -0.1) is 10.2 Å². The van der Waals surface area contributed by atoms with Gasteiger partial charge in [0.25, 0.3) is 0 Å². The second kappa shape index (κ2) is 11.1. The predicted molar refractivity (Wildman–Crippen MR) is 135 cm³/mol. The lowest BCUT2D eigenvalue weighted by molar-refractivity contribution is 0.0948. The Bertz CT molecular complexity index is 1270. The Morgan fingerprint density at radius 1 is 1.06 bits per heavy atom. The lowest BCUT2D eigenvalue weighted by Gasteiger charge is -2.22. The minimum absolute atomic E-state index is 0.162. The summed E-state index contributed by atoms with van der Waals surface area (Å²) < 4.78 is 45.9. The van der Waals surface area contributed by atoms with Gasteiger partial charge in [0.15, 0.2) is 21.5 Å². The van der Waals surface area contributed by atoms with Crippen molar-refractivity contribution in [3.05, 3.63) is 53.1 Å². The maximum atomic E-state index is 13.7. The standard InChI is InChI=1S/C24H30ClN5O5S/c1-15(22(35-4)23-26-12-17(25)13-27-23)36(31,32)14-20-28-29-24(16-8-5-6-9-16)30(20)21-18(33-2)10-7-11-19(21)34-3/h7,10-13,15-16,22H,5-6,8-9,14H2,1-4H3/t15-,22-/m0/s1. The van der Waals surface area contributed by atoms with Crippen LogP contribution in [0, 0.1) is 0 Å². The molecule has 2 heterocycles. The number of aromatic nitrogens is 5. The molecule has 36 heavy (non-hydrogen) atoms. The summed E-state index contributed by atoms with van der Waals surface area (Å²) in [6.45, 7) is 1.57. The molecule has 194 valence electrons. The third-order valence-corrected chi connectivity index (χ3v) is 8.81. The highest BCUT2D eigenvalue weighted by molar-refractivity contribution is 7.91. The highest BCUT2D eigenvalue weighted by Gasteiger charge is 2.36. The quantitative estimate of drug-likeness (QED) is 0.378. The normalized spacial score (nSPS) is 16.1. The maximum absolute atomic E-state index is 13.7. The first kappa shape index (κ1) is 26.3. The van der Waals surface area contributed by atoms with Crippen molar-refractivity contribution in [1.82, 2.24) is 24.7 Å². The van der Waals surface area contributed by atoms with Crippen LogP contribution in [0.15, 0.2) is 30.6 Å². The van der Waals surface area contributed by atoms with Crippen LogP contribution in [0.5, 0.6) is 11.5 Å². The van der Waals surface area contributed by atoms with E-state index in [0.717, 1.165) is 25.7 Å². The van der Waals surface area contributed by atoms with Crippen molar-refractivity contribution in [3.63, 3.8) is 0 Å². The van der Waals surface area contributed by atoms with Crippen molar-refractivity contribution in [2.24, 2.45) is 0 Å². The average molecular weight is 536 g/mol. The second-order valence-corrected chi connectivity index (χ2v) is 11.5. The molecule has 1 aliphatic rings. The van der Waals surface area contributed by atoms with Crippen LogP contribution >= 0.6 is 11.6 Å². The van der Waals surface area contributed by atoms with Crippen LogP contribution in [0.2, 0.25) is 5.02 Å². The Labute approximate surface area is 215 Å². The zero-order valence-electron chi connectivity index (χ0n) is 20.7. The van der Waals surface area contributed by atoms with E-state index in [1.807, 2.05) is 6.07 Å². The summed E-state index contributed by atoms with van der Waals surface area (Å²) in [4.78, 5) is 8.32.